The van der Waals surface area contributed by atoms with Crippen LogP contribution in [0, 0.1) is 11.8 Å². The lowest BCUT2D eigenvalue weighted by Crippen LogP contribution is -2.34. The van der Waals surface area contributed by atoms with Gasteiger partial charge in [-0.05, 0) is 37.2 Å². The minimum atomic E-state index is -0.651. The Morgan fingerprint density at radius 2 is 1.62 bits per heavy atom. The van der Waals surface area contributed by atoms with Gasteiger partial charge in [-0.15, -0.1) is 0 Å². The first-order valence-corrected chi connectivity index (χ1v) is 6.38. The Hall–Kier alpha value is -0.820. The second kappa shape index (κ2) is 4.58. The lowest BCUT2D eigenvalue weighted by atomic mass is 9.72. The summed E-state index contributed by atoms with van der Waals surface area (Å²) < 4.78 is 0. The molecule has 1 N–H and O–H groups in total. The highest BCUT2D eigenvalue weighted by atomic mass is 16.3. The van der Waals surface area contributed by atoms with Crippen LogP contribution in [0.1, 0.15) is 45.1 Å². The predicted molar refractivity (Wildman–Crippen MR) is 67.1 cm³/mol. The van der Waals surface area contributed by atoms with E-state index in [-0.39, 0.29) is 0 Å². The SMILES string of the molecule is CC1CCC(C(C)(O)c2ccccc2)CC1. The predicted octanol–water partition coefficient (Wildman–Crippen LogP) is 3.72. The van der Waals surface area contributed by atoms with Crippen molar-refractivity contribution >= 4 is 0 Å². The van der Waals surface area contributed by atoms with Crippen molar-refractivity contribution in [3.05, 3.63) is 35.9 Å². The summed E-state index contributed by atoms with van der Waals surface area (Å²) in [6.45, 7) is 4.29. The second-order valence-electron chi connectivity index (χ2n) is 5.47. The molecular formula is C15H22O. The summed E-state index contributed by atoms with van der Waals surface area (Å²) >= 11 is 0. The first kappa shape index (κ1) is 11.7. The molecule has 0 aliphatic heterocycles. The van der Waals surface area contributed by atoms with E-state index in [9.17, 15) is 5.11 Å². The summed E-state index contributed by atoms with van der Waals surface area (Å²) in [5, 5.41) is 10.7. The first-order valence-electron chi connectivity index (χ1n) is 6.38. The molecule has 1 unspecified atom stereocenters. The largest absolute Gasteiger partial charge is 0.385 e. The molecule has 1 nitrogen and oxygen atoms in total. The van der Waals surface area contributed by atoms with Crippen LogP contribution in [0.25, 0.3) is 0 Å². The summed E-state index contributed by atoms with van der Waals surface area (Å²) in [6, 6.07) is 10.1. The van der Waals surface area contributed by atoms with Crippen molar-refractivity contribution in [1.82, 2.24) is 0 Å². The number of rotatable bonds is 2. The maximum absolute atomic E-state index is 10.7. The molecule has 0 spiro atoms. The summed E-state index contributed by atoms with van der Waals surface area (Å²) in [4.78, 5) is 0. The number of aliphatic hydroxyl groups is 1. The fourth-order valence-corrected chi connectivity index (χ4v) is 2.83. The maximum Gasteiger partial charge on any atom is 0.0896 e. The van der Waals surface area contributed by atoms with Gasteiger partial charge in [-0.3, -0.25) is 0 Å². The van der Waals surface area contributed by atoms with Gasteiger partial charge in [0.15, 0.2) is 0 Å². The van der Waals surface area contributed by atoms with Crippen molar-refractivity contribution in [2.45, 2.75) is 45.1 Å². The van der Waals surface area contributed by atoms with E-state index in [1.807, 2.05) is 37.3 Å². The standard InChI is InChI=1S/C15H22O/c1-12-8-10-14(11-9-12)15(2,16)13-6-4-3-5-7-13/h3-7,12,14,16H,8-11H2,1-2H3. The molecule has 16 heavy (non-hydrogen) atoms. The summed E-state index contributed by atoms with van der Waals surface area (Å²) in [5.41, 5.74) is 0.413. The van der Waals surface area contributed by atoms with Crippen LogP contribution in [-0.4, -0.2) is 5.11 Å². The zero-order valence-electron chi connectivity index (χ0n) is 10.3. The van der Waals surface area contributed by atoms with Crippen LogP contribution < -0.4 is 0 Å². The Balaban J connectivity index is 2.13. The monoisotopic (exact) mass is 218 g/mol. The zero-order chi connectivity index (χ0) is 11.6. The van der Waals surface area contributed by atoms with E-state index in [0.717, 1.165) is 24.3 Å². The lowest BCUT2D eigenvalue weighted by molar-refractivity contribution is -0.0264. The third-order valence-electron chi connectivity index (χ3n) is 4.17. The van der Waals surface area contributed by atoms with Crippen LogP contribution in [0.5, 0.6) is 0 Å². The Morgan fingerprint density at radius 3 is 2.19 bits per heavy atom. The van der Waals surface area contributed by atoms with Crippen molar-refractivity contribution in [3.63, 3.8) is 0 Å². The van der Waals surface area contributed by atoms with Crippen LogP contribution in [0.4, 0.5) is 0 Å². The molecule has 0 radical (unpaired) electrons. The molecule has 0 heterocycles. The van der Waals surface area contributed by atoms with E-state index >= 15 is 0 Å². The molecular weight excluding hydrogens is 196 g/mol. The molecule has 1 heteroatoms. The third-order valence-corrected chi connectivity index (χ3v) is 4.17. The van der Waals surface area contributed by atoms with Gasteiger partial charge in [0.05, 0.1) is 5.60 Å². The molecule has 1 aromatic carbocycles. The van der Waals surface area contributed by atoms with E-state index in [4.69, 9.17) is 0 Å². The Kier molecular flexibility index (Phi) is 3.34. The molecule has 0 bridgehead atoms. The summed E-state index contributed by atoms with van der Waals surface area (Å²) in [7, 11) is 0. The normalized spacial score (nSPS) is 29.7. The molecule has 1 saturated carbocycles. The fourth-order valence-electron chi connectivity index (χ4n) is 2.83. The first-order chi connectivity index (χ1) is 7.60. The van der Waals surface area contributed by atoms with E-state index in [1.54, 1.807) is 0 Å². The average molecular weight is 218 g/mol. The minimum Gasteiger partial charge on any atom is -0.385 e. The molecule has 0 saturated heterocycles. The smallest absolute Gasteiger partial charge is 0.0896 e. The Bertz CT molecular complexity index is 321. The van der Waals surface area contributed by atoms with Crippen molar-refractivity contribution in [2.24, 2.45) is 11.8 Å². The van der Waals surface area contributed by atoms with Gasteiger partial charge in [0, 0.05) is 0 Å². The highest BCUT2D eigenvalue weighted by Gasteiger charge is 2.35. The molecule has 0 aromatic heterocycles. The minimum absolute atomic E-state index is 0.422. The Morgan fingerprint density at radius 1 is 1.06 bits per heavy atom. The molecule has 2 rings (SSSR count). The van der Waals surface area contributed by atoms with Gasteiger partial charge in [-0.1, -0.05) is 50.1 Å². The van der Waals surface area contributed by atoms with Crippen LogP contribution in [0.3, 0.4) is 0 Å². The highest BCUT2D eigenvalue weighted by Crippen LogP contribution is 2.40. The van der Waals surface area contributed by atoms with E-state index in [2.05, 4.69) is 6.92 Å². The number of benzene rings is 1. The second-order valence-corrected chi connectivity index (χ2v) is 5.47. The van der Waals surface area contributed by atoms with Crippen molar-refractivity contribution < 1.29 is 5.11 Å². The van der Waals surface area contributed by atoms with Gasteiger partial charge in [-0.2, -0.15) is 0 Å². The van der Waals surface area contributed by atoms with Crippen LogP contribution in [-0.2, 0) is 5.60 Å². The van der Waals surface area contributed by atoms with Gasteiger partial charge in [0.25, 0.3) is 0 Å². The number of hydrogen-bond donors (Lipinski definition) is 1. The summed E-state index contributed by atoms with van der Waals surface area (Å²) in [5.74, 6) is 1.26. The topological polar surface area (TPSA) is 20.2 Å². The summed E-state index contributed by atoms with van der Waals surface area (Å²) in [6.07, 6.45) is 4.83. The van der Waals surface area contributed by atoms with Gasteiger partial charge in [-0.25, -0.2) is 0 Å². The van der Waals surface area contributed by atoms with E-state index in [0.29, 0.717) is 5.92 Å². The van der Waals surface area contributed by atoms with Gasteiger partial charge in [0.2, 0.25) is 0 Å². The van der Waals surface area contributed by atoms with Gasteiger partial charge >= 0.3 is 0 Å². The third kappa shape index (κ3) is 2.30. The zero-order valence-corrected chi connectivity index (χ0v) is 10.3. The van der Waals surface area contributed by atoms with E-state index in [1.165, 1.54) is 12.8 Å². The molecule has 1 aliphatic rings. The molecule has 1 aromatic rings. The van der Waals surface area contributed by atoms with Crippen LogP contribution >= 0.6 is 0 Å². The van der Waals surface area contributed by atoms with Gasteiger partial charge < -0.3 is 5.11 Å². The Labute approximate surface area is 98.5 Å². The van der Waals surface area contributed by atoms with Crippen LogP contribution in [0.2, 0.25) is 0 Å². The molecule has 88 valence electrons. The van der Waals surface area contributed by atoms with E-state index < -0.39 is 5.60 Å². The molecule has 1 atom stereocenters. The molecule has 0 amide bonds. The lowest BCUT2D eigenvalue weighted by Gasteiger charge is -2.37. The quantitative estimate of drug-likeness (QED) is 0.802. The maximum atomic E-state index is 10.7. The van der Waals surface area contributed by atoms with Gasteiger partial charge in [0.1, 0.15) is 0 Å². The number of hydrogen-bond acceptors (Lipinski definition) is 1. The molecule has 1 aliphatic carbocycles. The average Bonchev–Trinajstić information content (AvgIpc) is 2.31. The fraction of sp³-hybridized carbons (Fsp3) is 0.600. The highest BCUT2D eigenvalue weighted by molar-refractivity contribution is 5.22. The van der Waals surface area contributed by atoms with Crippen LogP contribution in [0.15, 0.2) is 30.3 Å². The van der Waals surface area contributed by atoms with Crippen molar-refractivity contribution in [1.29, 1.82) is 0 Å². The molecule has 1 fully saturated rings. The van der Waals surface area contributed by atoms with Crippen molar-refractivity contribution in [3.8, 4) is 0 Å². The van der Waals surface area contributed by atoms with Crippen molar-refractivity contribution in [2.75, 3.05) is 0 Å².